The van der Waals surface area contributed by atoms with Crippen LogP contribution >= 0.6 is 0 Å². The van der Waals surface area contributed by atoms with Crippen LogP contribution in [0.5, 0.6) is 5.75 Å². The quantitative estimate of drug-likeness (QED) is 0.886. The van der Waals surface area contributed by atoms with E-state index in [1.54, 1.807) is 7.11 Å². The van der Waals surface area contributed by atoms with Crippen molar-refractivity contribution in [3.05, 3.63) is 41.1 Å². The SMILES string of the molecule is CCc1ccc(OC)c(Cc2nnc(C(=O)O)o2)c1. The lowest BCUT2D eigenvalue weighted by atomic mass is 10.1. The van der Waals surface area contributed by atoms with Gasteiger partial charge in [-0.25, -0.2) is 4.79 Å². The molecular weight excluding hydrogens is 248 g/mol. The van der Waals surface area contributed by atoms with E-state index in [2.05, 4.69) is 17.1 Å². The number of hydrogen-bond donors (Lipinski definition) is 1. The van der Waals surface area contributed by atoms with Crippen molar-refractivity contribution in [2.45, 2.75) is 19.8 Å². The van der Waals surface area contributed by atoms with Crippen LogP contribution in [0.25, 0.3) is 0 Å². The highest BCUT2D eigenvalue weighted by Gasteiger charge is 2.15. The molecule has 0 bridgehead atoms. The third kappa shape index (κ3) is 2.90. The first-order chi connectivity index (χ1) is 9.13. The lowest BCUT2D eigenvalue weighted by Gasteiger charge is -2.08. The van der Waals surface area contributed by atoms with Gasteiger partial charge in [0.05, 0.1) is 13.5 Å². The van der Waals surface area contributed by atoms with Crippen molar-refractivity contribution in [1.29, 1.82) is 0 Å². The molecule has 0 aliphatic heterocycles. The monoisotopic (exact) mass is 262 g/mol. The Balaban J connectivity index is 2.27. The number of aryl methyl sites for hydroxylation is 1. The predicted molar refractivity (Wildman–Crippen MR) is 66.4 cm³/mol. The van der Waals surface area contributed by atoms with Gasteiger partial charge in [-0.15, -0.1) is 10.2 Å². The summed E-state index contributed by atoms with van der Waals surface area (Å²) in [5.74, 6) is -0.662. The van der Waals surface area contributed by atoms with Crippen LogP contribution in [-0.4, -0.2) is 28.4 Å². The third-order valence-electron chi connectivity index (χ3n) is 2.74. The molecule has 6 nitrogen and oxygen atoms in total. The van der Waals surface area contributed by atoms with Crippen LogP contribution in [-0.2, 0) is 12.8 Å². The minimum atomic E-state index is -1.23. The molecule has 0 aliphatic rings. The van der Waals surface area contributed by atoms with E-state index < -0.39 is 11.9 Å². The van der Waals surface area contributed by atoms with E-state index in [9.17, 15) is 4.79 Å². The molecule has 1 heterocycles. The molecule has 100 valence electrons. The second kappa shape index (κ2) is 5.51. The average Bonchev–Trinajstić information content (AvgIpc) is 2.87. The van der Waals surface area contributed by atoms with Gasteiger partial charge in [0.2, 0.25) is 5.89 Å². The molecule has 0 aliphatic carbocycles. The molecule has 6 heteroatoms. The summed E-state index contributed by atoms with van der Waals surface area (Å²) < 4.78 is 10.3. The standard InChI is InChI=1S/C13H14N2O4/c1-3-8-4-5-10(18-2)9(6-8)7-11-14-15-12(19-11)13(16)17/h4-6H,3,7H2,1-2H3,(H,16,17). The molecule has 1 aromatic heterocycles. The van der Waals surface area contributed by atoms with Crippen LogP contribution in [0.4, 0.5) is 0 Å². The van der Waals surface area contributed by atoms with Gasteiger partial charge in [-0.2, -0.15) is 0 Å². The Hall–Kier alpha value is -2.37. The first-order valence-electron chi connectivity index (χ1n) is 5.85. The molecule has 1 N–H and O–H groups in total. The van der Waals surface area contributed by atoms with Gasteiger partial charge in [-0.1, -0.05) is 19.1 Å². The molecule has 0 fully saturated rings. The maximum atomic E-state index is 10.7. The van der Waals surface area contributed by atoms with Crippen molar-refractivity contribution in [3.8, 4) is 5.75 Å². The van der Waals surface area contributed by atoms with Crippen LogP contribution in [0.3, 0.4) is 0 Å². The molecule has 0 amide bonds. The van der Waals surface area contributed by atoms with Crippen molar-refractivity contribution in [1.82, 2.24) is 10.2 Å². The third-order valence-corrected chi connectivity index (χ3v) is 2.74. The first-order valence-corrected chi connectivity index (χ1v) is 5.85. The zero-order valence-corrected chi connectivity index (χ0v) is 10.7. The number of hydrogen-bond acceptors (Lipinski definition) is 5. The zero-order valence-electron chi connectivity index (χ0n) is 10.7. The summed E-state index contributed by atoms with van der Waals surface area (Å²) >= 11 is 0. The highest BCUT2D eigenvalue weighted by atomic mass is 16.5. The lowest BCUT2D eigenvalue weighted by molar-refractivity contribution is 0.0651. The van der Waals surface area contributed by atoms with Gasteiger partial charge in [-0.3, -0.25) is 0 Å². The van der Waals surface area contributed by atoms with Crippen molar-refractivity contribution in [2.75, 3.05) is 7.11 Å². The second-order valence-electron chi connectivity index (χ2n) is 3.98. The van der Waals surface area contributed by atoms with Gasteiger partial charge in [0.15, 0.2) is 0 Å². The Morgan fingerprint density at radius 3 is 2.79 bits per heavy atom. The van der Waals surface area contributed by atoms with Gasteiger partial charge in [0, 0.05) is 5.56 Å². The van der Waals surface area contributed by atoms with E-state index in [0.29, 0.717) is 12.2 Å². The Morgan fingerprint density at radius 1 is 1.42 bits per heavy atom. The van der Waals surface area contributed by atoms with Crippen LogP contribution < -0.4 is 4.74 Å². The minimum Gasteiger partial charge on any atom is -0.496 e. The van der Waals surface area contributed by atoms with Crippen molar-refractivity contribution >= 4 is 5.97 Å². The van der Waals surface area contributed by atoms with Gasteiger partial charge >= 0.3 is 11.9 Å². The largest absolute Gasteiger partial charge is 0.496 e. The molecule has 1 aromatic carbocycles. The van der Waals surface area contributed by atoms with Crippen LogP contribution in [0.1, 0.15) is 34.6 Å². The van der Waals surface area contributed by atoms with E-state index in [1.807, 2.05) is 18.2 Å². The fourth-order valence-electron chi connectivity index (χ4n) is 1.76. The van der Waals surface area contributed by atoms with Crippen LogP contribution in [0, 0.1) is 0 Å². The molecule has 0 saturated carbocycles. The smallest absolute Gasteiger partial charge is 0.393 e. The maximum Gasteiger partial charge on any atom is 0.393 e. The van der Waals surface area contributed by atoms with Crippen molar-refractivity contribution in [3.63, 3.8) is 0 Å². The van der Waals surface area contributed by atoms with E-state index >= 15 is 0 Å². The number of ether oxygens (including phenoxy) is 1. The Labute approximate surface area is 110 Å². The fraction of sp³-hybridized carbons (Fsp3) is 0.308. The number of rotatable bonds is 5. The molecule has 19 heavy (non-hydrogen) atoms. The van der Waals surface area contributed by atoms with E-state index in [4.69, 9.17) is 14.3 Å². The molecular formula is C13H14N2O4. The molecule has 0 spiro atoms. The summed E-state index contributed by atoms with van der Waals surface area (Å²) in [4.78, 5) is 10.7. The van der Waals surface area contributed by atoms with Gasteiger partial charge in [-0.05, 0) is 18.1 Å². The number of methoxy groups -OCH3 is 1. The molecule has 0 radical (unpaired) electrons. The summed E-state index contributed by atoms with van der Waals surface area (Å²) in [6, 6.07) is 5.85. The maximum absolute atomic E-state index is 10.7. The zero-order chi connectivity index (χ0) is 13.8. The highest BCUT2D eigenvalue weighted by molar-refractivity contribution is 5.81. The molecule has 0 atom stereocenters. The van der Waals surface area contributed by atoms with Gasteiger partial charge < -0.3 is 14.3 Å². The summed E-state index contributed by atoms with van der Waals surface area (Å²) in [6.45, 7) is 2.06. The summed E-state index contributed by atoms with van der Waals surface area (Å²) in [6.07, 6.45) is 1.25. The number of nitrogens with zero attached hydrogens (tertiary/aromatic N) is 2. The van der Waals surface area contributed by atoms with Crippen molar-refractivity contribution < 1.29 is 19.1 Å². The Morgan fingerprint density at radius 2 is 2.21 bits per heavy atom. The Bertz CT molecular complexity index is 592. The van der Waals surface area contributed by atoms with Crippen LogP contribution in [0.15, 0.2) is 22.6 Å². The molecule has 0 saturated heterocycles. The normalized spacial score (nSPS) is 10.4. The number of aromatic carboxylic acids is 1. The van der Waals surface area contributed by atoms with Crippen LogP contribution in [0.2, 0.25) is 0 Å². The average molecular weight is 262 g/mol. The molecule has 0 unspecified atom stereocenters. The predicted octanol–water partition coefficient (Wildman–Crippen LogP) is 1.93. The number of benzene rings is 1. The second-order valence-corrected chi connectivity index (χ2v) is 3.98. The minimum absolute atomic E-state index is 0.254. The molecule has 2 aromatic rings. The van der Waals surface area contributed by atoms with E-state index in [-0.39, 0.29) is 5.89 Å². The van der Waals surface area contributed by atoms with Crippen molar-refractivity contribution in [2.24, 2.45) is 0 Å². The highest BCUT2D eigenvalue weighted by Crippen LogP contribution is 2.23. The fourth-order valence-corrected chi connectivity index (χ4v) is 1.76. The molecule has 2 rings (SSSR count). The van der Waals surface area contributed by atoms with Gasteiger partial charge in [0.25, 0.3) is 0 Å². The number of aromatic nitrogens is 2. The first kappa shape index (κ1) is 13.1. The van der Waals surface area contributed by atoms with E-state index in [0.717, 1.165) is 17.5 Å². The lowest BCUT2D eigenvalue weighted by Crippen LogP contribution is -1.96. The van der Waals surface area contributed by atoms with E-state index in [1.165, 1.54) is 0 Å². The summed E-state index contributed by atoms with van der Waals surface area (Å²) in [7, 11) is 1.58. The Kier molecular flexibility index (Phi) is 3.79. The number of carboxylic acids is 1. The number of carboxylic acid groups (broad SMARTS) is 1. The topological polar surface area (TPSA) is 85.5 Å². The van der Waals surface area contributed by atoms with Gasteiger partial charge in [0.1, 0.15) is 5.75 Å². The summed E-state index contributed by atoms with van der Waals surface area (Å²) in [5.41, 5.74) is 2.05. The number of carbonyl (C=O) groups is 1. The summed E-state index contributed by atoms with van der Waals surface area (Å²) in [5, 5.41) is 15.9.